The molecule has 0 aliphatic carbocycles. The Morgan fingerprint density at radius 1 is 1.65 bits per heavy atom. The number of rotatable bonds is 5. The summed E-state index contributed by atoms with van der Waals surface area (Å²) < 4.78 is 11.2. The topological polar surface area (TPSA) is 51.6 Å². The van der Waals surface area contributed by atoms with Gasteiger partial charge in [0.1, 0.15) is 5.76 Å². The Morgan fingerprint density at radius 2 is 2.53 bits per heavy atom. The highest BCUT2D eigenvalue weighted by Gasteiger charge is 2.27. The lowest BCUT2D eigenvalue weighted by molar-refractivity contribution is -0.00926. The molecule has 4 heteroatoms. The molecule has 0 amide bonds. The van der Waals surface area contributed by atoms with Gasteiger partial charge in [-0.1, -0.05) is 0 Å². The Balaban J connectivity index is 1.99. The highest BCUT2D eigenvalue weighted by atomic mass is 16.5. The van der Waals surface area contributed by atoms with Gasteiger partial charge in [0, 0.05) is 19.7 Å². The monoisotopic (exact) mass is 238 g/mol. The van der Waals surface area contributed by atoms with Gasteiger partial charge in [-0.25, -0.2) is 0 Å². The number of hydrogen-bond acceptors (Lipinski definition) is 4. The summed E-state index contributed by atoms with van der Waals surface area (Å²) in [6, 6.07) is 4.11. The maximum absolute atomic E-state index is 5.87. The van der Waals surface area contributed by atoms with Crippen molar-refractivity contribution in [1.82, 2.24) is 4.90 Å². The Morgan fingerprint density at radius 3 is 3.18 bits per heavy atom. The van der Waals surface area contributed by atoms with Crippen molar-refractivity contribution < 1.29 is 9.15 Å². The number of piperidine rings is 1. The summed E-state index contributed by atoms with van der Waals surface area (Å²) in [7, 11) is 0. The fourth-order valence-corrected chi connectivity index (χ4v) is 2.55. The van der Waals surface area contributed by atoms with E-state index in [1.165, 1.54) is 6.42 Å². The first-order chi connectivity index (χ1) is 8.35. The lowest BCUT2D eigenvalue weighted by Gasteiger charge is -2.36. The number of nitrogens with zero attached hydrogens (tertiary/aromatic N) is 1. The summed E-state index contributed by atoms with van der Waals surface area (Å²) in [6.07, 6.45) is 4.38. The lowest BCUT2D eigenvalue weighted by atomic mass is 10.0. The Labute approximate surface area is 103 Å². The third-order valence-electron chi connectivity index (χ3n) is 3.35. The molecular weight excluding hydrogens is 216 g/mol. The second-order valence-corrected chi connectivity index (χ2v) is 4.48. The van der Waals surface area contributed by atoms with Crippen LogP contribution < -0.4 is 5.73 Å². The van der Waals surface area contributed by atoms with Crippen molar-refractivity contribution in [3.05, 3.63) is 24.2 Å². The predicted molar refractivity (Wildman–Crippen MR) is 66.7 cm³/mol. The van der Waals surface area contributed by atoms with Crippen LogP contribution in [0.25, 0.3) is 0 Å². The number of hydrogen-bond donors (Lipinski definition) is 1. The predicted octanol–water partition coefficient (Wildman–Crippen LogP) is 1.78. The Hall–Kier alpha value is -0.840. The molecule has 0 spiro atoms. The van der Waals surface area contributed by atoms with Crippen molar-refractivity contribution in [1.29, 1.82) is 0 Å². The lowest BCUT2D eigenvalue weighted by Crippen LogP contribution is -2.43. The van der Waals surface area contributed by atoms with Crippen LogP contribution in [0.15, 0.2) is 22.8 Å². The van der Waals surface area contributed by atoms with Gasteiger partial charge in [0.2, 0.25) is 0 Å². The molecule has 17 heavy (non-hydrogen) atoms. The summed E-state index contributed by atoms with van der Waals surface area (Å²) >= 11 is 0. The molecule has 0 aromatic carbocycles. The highest BCUT2D eigenvalue weighted by Crippen LogP contribution is 2.25. The van der Waals surface area contributed by atoms with E-state index in [9.17, 15) is 0 Å². The van der Waals surface area contributed by atoms with Crippen LogP contribution in [0.4, 0.5) is 0 Å². The maximum atomic E-state index is 5.87. The molecule has 1 aliphatic heterocycles. The quantitative estimate of drug-likeness (QED) is 0.849. The van der Waals surface area contributed by atoms with E-state index in [1.54, 1.807) is 6.26 Å². The van der Waals surface area contributed by atoms with Gasteiger partial charge in [0.15, 0.2) is 0 Å². The summed E-state index contributed by atoms with van der Waals surface area (Å²) in [6.45, 7) is 5.45. The van der Waals surface area contributed by atoms with Gasteiger partial charge >= 0.3 is 0 Å². The minimum Gasteiger partial charge on any atom is -0.468 e. The van der Waals surface area contributed by atoms with Gasteiger partial charge in [-0.05, 0) is 38.4 Å². The number of nitrogens with two attached hydrogens (primary N) is 1. The molecule has 1 aromatic rings. The van der Waals surface area contributed by atoms with Crippen molar-refractivity contribution >= 4 is 0 Å². The van der Waals surface area contributed by atoms with E-state index in [-0.39, 0.29) is 6.04 Å². The average Bonchev–Trinajstić information content (AvgIpc) is 2.85. The fourth-order valence-electron chi connectivity index (χ4n) is 2.55. The van der Waals surface area contributed by atoms with E-state index in [1.807, 2.05) is 19.1 Å². The number of furan rings is 1. The van der Waals surface area contributed by atoms with Crippen LogP contribution in [-0.4, -0.2) is 37.2 Å². The molecule has 2 unspecified atom stereocenters. The molecule has 96 valence electrons. The molecule has 1 saturated heterocycles. The van der Waals surface area contributed by atoms with Crippen molar-refractivity contribution in [2.24, 2.45) is 5.73 Å². The molecule has 0 saturated carbocycles. The molecule has 2 atom stereocenters. The van der Waals surface area contributed by atoms with Crippen molar-refractivity contribution in [2.45, 2.75) is 31.9 Å². The van der Waals surface area contributed by atoms with Crippen molar-refractivity contribution in [2.75, 3.05) is 26.2 Å². The summed E-state index contributed by atoms with van der Waals surface area (Å²) in [4.78, 5) is 2.38. The van der Waals surface area contributed by atoms with E-state index >= 15 is 0 Å². The first kappa shape index (κ1) is 12.6. The van der Waals surface area contributed by atoms with Crippen LogP contribution in [-0.2, 0) is 4.74 Å². The molecule has 1 aliphatic rings. The van der Waals surface area contributed by atoms with Crippen LogP contribution in [0.2, 0.25) is 0 Å². The summed E-state index contributed by atoms with van der Waals surface area (Å²) in [5, 5.41) is 0. The van der Waals surface area contributed by atoms with E-state index in [0.29, 0.717) is 12.6 Å². The normalized spacial score (nSPS) is 23.8. The van der Waals surface area contributed by atoms with Crippen molar-refractivity contribution in [3.63, 3.8) is 0 Å². The molecule has 1 fully saturated rings. The number of ether oxygens (including phenoxy) is 1. The first-order valence-corrected chi connectivity index (χ1v) is 6.44. The zero-order chi connectivity index (χ0) is 12.1. The third-order valence-corrected chi connectivity index (χ3v) is 3.35. The summed E-state index contributed by atoms with van der Waals surface area (Å²) in [5.74, 6) is 0.963. The maximum Gasteiger partial charge on any atom is 0.122 e. The Bertz CT molecular complexity index is 311. The largest absolute Gasteiger partial charge is 0.468 e. The van der Waals surface area contributed by atoms with Gasteiger partial charge in [0.05, 0.1) is 18.4 Å². The van der Waals surface area contributed by atoms with E-state index in [2.05, 4.69) is 4.90 Å². The van der Waals surface area contributed by atoms with Gasteiger partial charge in [0.25, 0.3) is 0 Å². The molecule has 0 bridgehead atoms. The number of likely N-dealkylation sites (tertiary alicyclic amines) is 1. The smallest absolute Gasteiger partial charge is 0.122 e. The van der Waals surface area contributed by atoms with Crippen LogP contribution >= 0.6 is 0 Å². The minimum atomic E-state index is 0.188. The zero-order valence-corrected chi connectivity index (χ0v) is 10.5. The zero-order valence-electron chi connectivity index (χ0n) is 10.5. The van der Waals surface area contributed by atoms with E-state index in [4.69, 9.17) is 14.9 Å². The molecule has 2 heterocycles. The minimum absolute atomic E-state index is 0.188. The standard InChI is InChI=1S/C13H22N2O2/c1-2-16-11-5-3-7-15(10-11)12(9-14)13-6-4-8-17-13/h4,6,8,11-12H,2-3,5,7,9-10,14H2,1H3. The van der Waals surface area contributed by atoms with E-state index < -0.39 is 0 Å². The van der Waals surface area contributed by atoms with Crippen LogP contribution in [0, 0.1) is 0 Å². The highest BCUT2D eigenvalue weighted by molar-refractivity contribution is 5.06. The average molecular weight is 238 g/mol. The molecule has 0 radical (unpaired) electrons. The summed E-state index contributed by atoms with van der Waals surface area (Å²) in [5.41, 5.74) is 5.87. The van der Waals surface area contributed by atoms with Crippen LogP contribution in [0.3, 0.4) is 0 Å². The second kappa shape index (κ2) is 6.19. The van der Waals surface area contributed by atoms with Gasteiger partial charge in [-0.3, -0.25) is 4.90 Å². The van der Waals surface area contributed by atoms with Gasteiger partial charge in [-0.2, -0.15) is 0 Å². The van der Waals surface area contributed by atoms with E-state index in [0.717, 1.165) is 31.9 Å². The SMILES string of the molecule is CCOC1CCCN(C(CN)c2ccco2)C1. The fraction of sp³-hybridized carbons (Fsp3) is 0.692. The van der Waals surface area contributed by atoms with Crippen LogP contribution in [0.1, 0.15) is 31.6 Å². The Kier molecular flexibility index (Phi) is 4.59. The van der Waals surface area contributed by atoms with Gasteiger partial charge < -0.3 is 14.9 Å². The molecule has 2 N–H and O–H groups in total. The molecule has 1 aromatic heterocycles. The van der Waals surface area contributed by atoms with Crippen molar-refractivity contribution in [3.8, 4) is 0 Å². The van der Waals surface area contributed by atoms with Gasteiger partial charge in [-0.15, -0.1) is 0 Å². The third kappa shape index (κ3) is 3.09. The molecular formula is C13H22N2O2. The molecule has 2 rings (SSSR count). The second-order valence-electron chi connectivity index (χ2n) is 4.48. The first-order valence-electron chi connectivity index (χ1n) is 6.44. The van der Waals surface area contributed by atoms with Crippen LogP contribution in [0.5, 0.6) is 0 Å². The molecule has 4 nitrogen and oxygen atoms in total.